The molecule has 1 fully saturated rings. The number of carbonyl (C=O) groups excluding carboxylic acids is 2. The van der Waals surface area contributed by atoms with Crippen molar-refractivity contribution >= 4 is 35.0 Å². The Morgan fingerprint density at radius 2 is 2.10 bits per heavy atom. The number of carbonyl (C=O) groups is 2. The normalized spacial score (nSPS) is 19.2. The van der Waals surface area contributed by atoms with E-state index >= 15 is 0 Å². The lowest BCUT2D eigenvalue weighted by molar-refractivity contribution is -0.134. The van der Waals surface area contributed by atoms with Gasteiger partial charge in [0.25, 0.3) is 0 Å². The molecule has 1 aliphatic rings. The zero-order chi connectivity index (χ0) is 15.4. The van der Waals surface area contributed by atoms with Gasteiger partial charge in [0, 0.05) is 35.2 Å². The van der Waals surface area contributed by atoms with Gasteiger partial charge in [-0.05, 0) is 12.1 Å². The third-order valence-corrected chi connectivity index (χ3v) is 4.11. The Bertz CT molecular complexity index is 533. The Kier molecular flexibility index (Phi) is 5.41. The molecule has 0 radical (unpaired) electrons. The highest BCUT2D eigenvalue weighted by Crippen LogP contribution is 2.27. The van der Waals surface area contributed by atoms with Crippen molar-refractivity contribution in [2.45, 2.75) is 19.0 Å². The van der Waals surface area contributed by atoms with E-state index in [0.717, 1.165) is 5.56 Å². The largest absolute Gasteiger partial charge is 0.353 e. The molecule has 0 spiro atoms. The van der Waals surface area contributed by atoms with Crippen molar-refractivity contribution in [3.8, 4) is 0 Å². The van der Waals surface area contributed by atoms with Gasteiger partial charge in [-0.25, -0.2) is 5.84 Å². The number of halogens is 2. The second kappa shape index (κ2) is 7.09. The Morgan fingerprint density at radius 1 is 1.43 bits per heavy atom. The van der Waals surface area contributed by atoms with Crippen LogP contribution in [0.1, 0.15) is 12.0 Å². The van der Waals surface area contributed by atoms with Gasteiger partial charge in [0.05, 0.1) is 12.5 Å². The predicted molar refractivity (Wildman–Crippen MR) is 80.6 cm³/mol. The maximum absolute atomic E-state index is 12.0. The van der Waals surface area contributed by atoms with Gasteiger partial charge in [-0.15, -0.1) is 0 Å². The molecule has 21 heavy (non-hydrogen) atoms. The molecule has 1 aromatic rings. The second-order valence-corrected chi connectivity index (χ2v) is 5.56. The van der Waals surface area contributed by atoms with Gasteiger partial charge in [-0.1, -0.05) is 29.3 Å². The quantitative estimate of drug-likeness (QED) is 0.430. The highest BCUT2D eigenvalue weighted by molar-refractivity contribution is 6.35. The Morgan fingerprint density at radius 3 is 2.71 bits per heavy atom. The Labute approximate surface area is 132 Å². The minimum atomic E-state index is -0.588. The molecule has 1 aliphatic heterocycles. The van der Waals surface area contributed by atoms with E-state index in [9.17, 15) is 9.59 Å². The third-order valence-electron chi connectivity index (χ3n) is 3.40. The topological polar surface area (TPSA) is 87.5 Å². The summed E-state index contributed by atoms with van der Waals surface area (Å²) in [5.74, 6) is 4.49. The maximum atomic E-state index is 12.0. The number of nitrogens with one attached hydrogen (secondary N) is 2. The van der Waals surface area contributed by atoms with Crippen molar-refractivity contribution in [3.05, 3.63) is 33.8 Å². The highest BCUT2D eigenvalue weighted by Gasteiger charge is 2.32. The molecule has 6 nitrogen and oxygen atoms in total. The van der Waals surface area contributed by atoms with Crippen LogP contribution < -0.4 is 16.6 Å². The monoisotopic (exact) mass is 330 g/mol. The van der Waals surface area contributed by atoms with Crippen LogP contribution in [0.15, 0.2) is 18.2 Å². The molecule has 0 aliphatic carbocycles. The summed E-state index contributed by atoms with van der Waals surface area (Å²) in [5.41, 5.74) is 2.79. The molecule has 2 rings (SSSR count). The number of hydrazine groups is 1. The van der Waals surface area contributed by atoms with Crippen LogP contribution in [0.5, 0.6) is 0 Å². The van der Waals surface area contributed by atoms with E-state index in [-0.39, 0.29) is 12.3 Å². The first-order valence-corrected chi connectivity index (χ1v) is 7.22. The van der Waals surface area contributed by atoms with Crippen molar-refractivity contribution in [1.29, 1.82) is 0 Å². The molecule has 0 aromatic heterocycles. The highest BCUT2D eigenvalue weighted by atomic mass is 35.5. The fourth-order valence-electron chi connectivity index (χ4n) is 2.29. The van der Waals surface area contributed by atoms with Gasteiger partial charge in [-0.2, -0.15) is 0 Å². The van der Waals surface area contributed by atoms with E-state index in [1.807, 2.05) is 10.3 Å². The van der Waals surface area contributed by atoms with E-state index in [0.29, 0.717) is 29.7 Å². The summed E-state index contributed by atoms with van der Waals surface area (Å²) < 4.78 is 0. The van der Waals surface area contributed by atoms with Crippen molar-refractivity contribution in [3.63, 3.8) is 0 Å². The van der Waals surface area contributed by atoms with E-state index < -0.39 is 11.9 Å². The second-order valence-electron chi connectivity index (χ2n) is 4.75. The number of hydrogen-bond donors (Lipinski definition) is 3. The first kappa shape index (κ1) is 16.0. The van der Waals surface area contributed by atoms with Crippen LogP contribution in [0.4, 0.5) is 0 Å². The van der Waals surface area contributed by atoms with Gasteiger partial charge in [0.1, 0.15) is 0 Å². The fourth-order valence-corrected chi connectivity index (χ4v) is 2.81. The number of benzene rings is 1. The van der Waals surface area contributed by atoms with Crippen LogP contribution in [0, 0.1) is 0 Å². The molecule has 1 aromatic carbocycles. The first-order chi connectivity index (χ1) is 10.0. The van der Waals surface area contributed by atoms with Gasteiger partial charge < -0.3 is 5.32 Å². The lowest BCUT2D eigenvalue weighted by atomic mass is 10.1. The van der Waals surface area contributed by atoms with Gasteiger partial charge in [-0.3, -0.25) is 19.9 Å². The van der Waals surface area contributed by atoms with Crippen molar-refractivity contribution in [1.82, 2.24) is 15.6 Å². The molecular weight excluding hydrogens is 315 g/mol. The summed E-state index contributed by atoms with van der Waals surface area (Å²) in [6.45, 7) is 1.52. The molecule has 0 bridgehead atoms. The van der Waals surface area contributed by atoms with E-state index in [4.69, 9.17) is 29.0 Å². The number of nitrogens with two attached hydrogens (primary N) is 1. The minimum Gasteiger partial charge on any atom is -0.353 e. The molecule has 0 saturated carbocycles. The van der Waals surface area contributed by atoms with Crippen LogP contribution in [0.2, 0.25) is 10.0 Å². The zero-order valence-electron chi connectivity index (χ0n) is 11.2. The smallest absolute Gasteiger partial charge is 0.237 e. The number of rotatable bonds is 4. The SMILES string of the molecule is NNC(=O)C[C@@H]1C(=O)NCCN1Cc1c(Cl)cccc1Cl. The third kappa shape index (κ3) is 3.85. The summed E-state index contributed by atoms with van der Waals surface area (Å²) in [6.07, 6.45) is -0.00952. The molecule has 1 heterocycles. The minimum absolute atomic E-state index is 0.00952. The molecular formula is C13H16Cl2N4O2. The van der Waals surface area contributed by atoms with E-state index in [1.54, 1.807) is 18.2 Å². The lowest BCUT2D eigenvalue weighted by Gasteiger charge is -2.34. The van der Waals surface area contributed by atoms with E-state index in [1.165, 1.54) is 0 Å². The van der Waals surface area contributed by atoms with Crippen LogP contribution in [0.3, 0.4) is 0 Å². The molecule has 2 amide bonds. The number of hydrogen-bond acceptors (Lipinski definition) is 4. The standard InChI is InChI=1S/C13H16Cl2N4O2/c14-9-2-1-3-10(15)8(9)7-19-5-4-17-13(21)11(19)6-12(20)18-16/h1-3,11H,4-7,16H2,(H,17,21)(H,18,20)/t11-/m1/s1. The number of piperazine rings is 1. The predicted octanol–water partition coefficient (Wildman–Crippen LogP) is 0.674. The molecule has 1 saturated heterocycles. The summed E-state index contributed by atoms with van der Waals surface area (Å²) in [4.78, 5) is 25.3. The number of nitrogens with zero attached hydrogens (tertiary/aromatic N) is 1. The Balaban J connectivity index is 2.19. The molecule has 1 atom stereocenters. The van der Waals surface area contributed by atoms with Gasteiger partial charge >= 0.3 is 0 Å². The van der Waals surface area contributed by atoms with Gasteiger partial charge in [0.2, 0.25) is 11.8 Å². The first-order valence-electron chi connectivity index (χ1n) is 6.47. The average molecular weight is 331 g/mol. The van der Waals surface area contributed by atoms with Crippen molar-refractivity contribution in [2.24, 2.45) is 5.84 Å². The Hall–Kier alpha value is -1.34. The molecule has 0 unspecified atom stereocenters. The van der Waals surface area contributed by atoms with Crippen LogP contribution in [-0.2, 0) is 16.1 Å². The summed E-state index contributed by atoms with van der Waals surface area (Å²) in [7, 11) is 0. The van der Waals surface area contributed by atoms with Crippen LogP contribution >= 0.6 is 23.2 Å². The van der Waals surface area contributed by atoms with E-state index in [2.05, 4.69) is 5.32 Å². The van der Waals surface area contributed by atoms with Crippen molar-refractivity contribution in [2.75, 3.05) is 13.1 Å². The molecule has 4 N–H and O–H groups in total. The average Bonchev–Trinajstić information content (AvgIpc) is 2.46. The maximum Gasteiger partial charge on any atom is 0.237 e. The zero-order valence-corrected chi connectivity index (χ0v) is 12.7. The van der Waals surface area contributed by atoms with Crippen LogP contribution in [0.25, 0.3) is 0 Å². The van der Waals surface area contributed by atoms with Crippen molar-refractivity contribution < 1.29 is 9.59 Å². The summed E-state index contributed by atoms with van der Waals surface area (Å²) in [6, 6.07) is 4.66. The van der Waals surface area contributed by atoms with Gasteiger partial charge in [0.15, 0.2) is 0 Å². The molecule has 114 valence electrons. The summed E-state index contributed by atoms with van der Waals surface area (Å²) >= 11 is 12.3. The lowest BCUT2D eigenvalue weighted by Crippen LogP contribution is -2.56. The van der Waals surface area contributed by atoms with Crippen LogP contribution in [-0.4, -0.2) is 35.8 Å². The number of amides is 2. The molecule has 8 heteroatoms. The summed E-state index contributed by atoms with van der Waals surface area (Å²) in [5, 5.41) is 3.81. The fraction of sp³-hybridized carbons (Fsp3) is 0.385.